The third kappa shape index (κ3) is 4.99. The summed E-state index contributed by atoms with van der Waals surface area (Å²) in [5, 5.41) is 2.76. The van der Waals surface area contributed by atoms with Crippen LogP contribution in [0.1, 0.15) is 25.3 Å². The highest BCUT2D eigenvalue weighted by Gasteiger charge is 2.18. The molecule has 124 valence electrons. The standard InChI is InChI=1S/C15H24N2O4S/c1-5-6-9-16-15(18)11-21-14-8-7-13(10-12(14)2)22(19,20)17(3)4/h7-8,10H,5-6,9,11H2,1-4H3,(H,16,18). The summed E-state index contributed by atoms with van der Waals surface area (Å²) in [4.78, 5) is 11.8. The molecular formula is C15H24N2O4S. The van der Waals surface area contributed by atoms with Gasteiger partial charge in [-0.05, 0) is 37.1 Å². The Morgan fingerprint density at radius 3 is 2.55 bits per heavy atom. The van der Waals surface area contributed by atoms with Crippen LogP contribution in [-0.2, 0) is 14.8 Å². The minimum atomic E-state index is -3.46. The van der Waals surface area contributed by atoms with Crippen molar-refractivity contribution in [2.45, 2.75) is 31.6 Å². The van der Waals surface area contributed by atoms with Crippen molar-refractivity contribution in [3.05, 3.63) is 23.8 Å². The Morgan fingerprint density at radius 2 is 2.00 bits per heavy atom. The van der Waals surface area contributed by atoms with E-state index < -0.39 is 10.0 Å². The second kappa shape index (κ2) is 8.14. The van der Waals surface area contributed by atoms with Crippen LogP contribution in [0, 0.1) is 6.92 Å². The molecule has 0 saturated heterocycles. The second-order valence-electron chi connectivity index (χ2n) is 5.21. The zero-order valence-electron chi connectivity index (χ0n) is 13.5. The summed E-state index contributed by atoms with van der Waals surface area (Å²) < 4.78 is 30.7. The van der Waals surface area contributed by atoms with Crippen molar-refractivity contribution in [1.82, 2.24) is 9.62 Å². The first kappa shape index (κ1) is 18.4. The van der Waals surface area contributed by atoms with Gasteiger partial charge in [-0.15, -0.1) is 0 Å². The van der Waals surface area contributed by atoms with E-state index >= 15 is 0 Å². The number of sulfonamides is 1. The van der Waals surface area contributed by atoms with E-state index in [1.165, 1.54) is 20.2 Å². The molecule has 1 aromatic carbocycles. The molecule has 0 aliphatic rings. The van der Waals surface area contributed by atoms with Gasteiger partial charge in [-0.3, -0.25) is 4.79 Å². The van der Waals surface area contributed by atoms with Crippen LogP contribution in [0.15, 0.2) is 23.1 Å². The number of hydrogen-bond donors (Lipinski definition) is 1. The van der Waals surface area contributed by atoms with E-state index in [1.54, 1.807) is 19.1 Å². The first-order valence-electron chi connectivity index (χ1n) is 7.21. The molecule has 0 fully saturated rings. The highest BCUT2D eigenvalue weighted by Crippen LogP contribution is 2.23. The van der Waals surface area contributed by atoms with Crippen molar-refractivity contribution in [3.8, 4) is 5.75 Å². The van der Waals surface area contributed by atoms with Crippen LogP contribution in [0.25, 0.3) is 0 Å². The number of carbonyl (C=O) groups is 1. The maximum absolute atomic E-state index is 12.0. The number of amides is 1. The molecule has 0 bridgehead atoms. The Hall–Kier alpha value is -1.60. The van der Waals surface area contributed by atoms with E-state index in [9.17, 15) is 13.2 Å². The minimum absolute atomic E-state index is 0.0790. The monoisotopic (exact) mass is 328 g/mol. The van der Waals surface area contributed by atoms with Crippen LogP contribution in [0.5, 0.6) is 5.75 Å². The molecule has 7 heteroatoms. The predicted molar refractivity (Wildman–Crippen MR) is 85.5 cm³/mol. The number of unbranched alkanes of at least 4 members (excludes halogenated alkanes) is 1. The number of ether oxygens (including phenoxy) is 1. The number of hydrogen-bond acceptors (Lipinski definition) is 4. The van der Waals surface area contributed by atoms with E-state index in [2.05, 4.69) is 12.2 Å². The fourth-order valence-electron chi connectivity index (χ4n) is 1.75. The lowest BCUT2D eigenvalue weighted by atomic mass is 10.2. The number of carbonyl (C=O) groups excluding carboxylic acids is 1. The van der Waals surface area contributed by atoms with Crippen molar-refractivity contribution in [3.63, 3.8) is 0 Å². The third-order valence-electron chi connectivity index (χ3n) is 3.14. The molecule has 1 N–H and O–H groups in total. The van der Waals surface area contributed by atoms with E-state index in [0.29, 0.717) is 17.9 Å². The fourth-order valence-corrected chi connectivity index (χ4v) is 2.74. The smallest absolute Gasteiger partial charge is 0.257 e. The number of rotatable bonds is 8. The van der Waals surface area contributed by atoms with Crippen LogP contribution >= 0.6 is 0 Å². The third-order valence-corrected chi connectivity index (χ3v) is 4.95. The first-order valence-corrected chi connectivity index (χ1v) is 8.65. The summed E-state index contributed by atoms with van der Waals surface area (Å²) in [6.45, 7) is 4.36. The molecule has 6 nitrogen and oxygen atoms in total. The van der Waals surface area contributed by atoms with E-state index in [-0.39, 0.29) is 17.4 Å². The second-order valence-corrected chi connectivity index (χ2v) is 7.36. The van der Waals surface area contributed by atoms with Gasteiger partial charge in [-0.25, -0.2) is 12.7 Å². The van der Waals surface area contributed by atoms with Crippen LogP contribution in [-0.4, -0.2) is 45.9 Å². The highest BCUT2D eigenvalue weighted by atomic mass is 32.2. The van der Waals surface area contributed by atoms with Crippen molar-refractivity contribution in [1.29, 1.82) is 0 Å². The van der Waals surface area contributed by atoms with Gasteiger partial charge in [0.1, 0.15) is 5.75 Å². The van der Waals surface area contributed by atoms with Crippen molar-refractivity contribution < 1.29 is 17.9 Å². The molecule has 1 rings (SSSR count). The van der Waals surface area contributed by atoms with Crippen LogP contribution < -0.4 is 10.1 Å². The number of benzene rings is 1. The summed E-state index contributed by atoms with van der Waals surface area (Å²) >= 11 is 0. The predicted octanol–water partition coefficient (Wildman–Crippen LogP) is 1.54. The Morgan fingerprint density at radius 1 is 1.32 bits per heavy atom. The van der Waals surface area contributed by atoms with Gasteiger partial charge in [0.2, 0.25) is 10.0 Å². The maximum Gasteiger partial charge on any atom is 0.257 e. The van der Waals surface area contributed by atoms with Gasteiger partial charge < -0.3 is 10.1 Å². The molecule has 0 heterocycles. The number of aryl methyl sites for hydroxylation is 1. The van der Waals surface area contributed by atoms with Gasteiger partial charge in [0, 0.05) is 20.6 Å². The molecule has 0 unspecified atom stereocenters. The van der Waals surface area contributed by atoms with Crippen LogP contribution in [0.3, 0.4) is 0 Å². The summed E-state index contributed by atoms with van der Waals surface area (Å²) in [5.41, 5.74) is 0.671. The van der Waals surface area contributed by atoms with Crippen molar-refractivity contribution >= 4 is 15.9 Å². The lowest BCUT2D eigenvalue weighted by Crippen LogP contribution is -2.29. The summed E-state index contributed by atoms with van der Waals surface area (Å²) in [6.07, 6.45) is 1.95. The normalized spacial score (nSPS) is 11.5. The molecular weight excluding hydrogens is 304 g/mol. The minimum Gasteiger partial charge on any atom is -0.484 e. The molecule has 22 heavy (non-hydrogen) atoms. The molecule has 0 radical (unpaired) electrons. The Kier molecular flexibility index (Phi) is 6.83. The van der Waals surface area contributed by atoms with Crippen LogP contribution in [0.4, 0.5) is 0 Å². The van der Waals surface area contributed by atoms with Crippen LogP contribution in [0.2, 0.25) is 0 Å². The molecule has 0 aromatic heterocycles. The van der Waals surface area contributed by atoms with Gasteiger partial charge in [0.05, 0.1) is 4.90 Å². The largest absolute Gasteiger partial charge is 0.484 e. The fraction of sp³-hybridized carbons (Fsp3) is 0.533. The quantitative estimate of drug-likeness (QED) is 0.735. The number of nitrogens with zero attached hydrogens (tertiary/aromatic N) is 1. The Bertz CT molecular complexity index is 612. The zero-order valence-corrected chi connectivity index (χ0v) is 14.4. The van der Waals surface area contributed by atoms with Crippen molar-refractivity contribution in [2.75, 3.05) is 27.2 Å². The first-order chi connectivity index (χ1) is 10.3. The summed E-state index contributed by atoms with van der Waals surface area (Å²) in [6, 6.07) is 4.59. The van der Waals surface area contributed by atoms with Gasteiger partial charge in [0.15, 0.2) is 6.61 Å². The Balaban J connectivity index is 2.69. The van der Waals surface area contributed by atoms with E-state index in [4.69, 9.17) is 4.74 Å². The van der Waals surface area contributed by atoms with E-state index in [0.717, 1.165) is 17.1 Å². The average molecular weight is 328 g/mol. The van der Waals surface area contributed by atoms with Gasteiger partial charge in [0.25, 0.3) is 5.91 Å². The highest BCUT2D eigenvalue weighted by molar-refractivity contribution is 7.89. The molecule has 0 aliphatic heterocycles. The number of nitrogens with one attached hydrogen (secondary N) is 1. The molecule has 0 saturated carbocycles. The SMILES string of the molecule is CCCCNC(=O)COc1ccc(S(=O)(=O)N(C)C)cc1C. The molecule has 1 amide bonds. The summed E-state index contributed by atoms with van der Waals surface area (Å²) in [5.74, 6) is 0.321. The molecule has 1 aromatic rings. The average Bonchev–Trinajstić information content (AvgIpc) is 2.46. The lowest BCUT2D eigenvalue weighted by Gasteiger charge is -2.14. The topological polar surface area (TPSA) is 75.7 Å². The van der Waals surface area contributed by atoms with Gasteiger partial charge in [-0.2, -0.15) is 0 Å². The van der Waals surface area contributed by atoms with Crippen molar-refractivity contribution in [2.24, 2.45) is 0 Å². The van der Waals surface area contributed by atoms with Gasteiger partial charge in [-0.1, -0.05) is 13.3 Å². The Labute approximate surface area is 132 Å². The lowest BCUT2D eigenvalue weighted by molar-refractivity contribution is -0.123. The van der Waals surface area contributed by atoms with E-state index in [1.807, 2.05) is 0 Å². The molecule has 0 spiro atoms. The summed E-state index contributed by atoms with van der Waals surface area (Å²) in [7, 11) is -0.500. The molecule has 0 aliphatic carbocycles. The maximum atomic E-state index is 12.0. The van der Waals surface area contributed by atoms with Gasteiger partial charge >= 0.3 is 0 Å². The zero-order chi connectivity index (χ0) is 16.8. The molecule has 0 atom stereocenters.